The molecule has 1 unspecified atom stereocenters. The van der Waals surface area contributed by atoms with Crippen LogP contribution in [0.4, 0.5) is 19.0 Å². The van der Waals surface area contributed by atoms with Crippen LogP contribution in [-0.4, -0.2) is 36.8 Å². The molecule has 3 heterocycles. The lowest BCUT2D eigenvalue weighted by Gasteiger charge is -2.37. The predicted octanol–water partition coefficient (Wildman–Crippen LogP) is 2.69. The van der Waals surface area contributed by atoms with E-state index in [1.165, 1.54) is 0 Å². The van der Waals surface area contributed by atoms with E-state index in [9.17, 15) is 13.2 Å². The number of alkyl halides is 3. The lowest BCUT2D eigenvalue weighted by Crippen LogP contribution is -2.43. The highest BCUT2D eigenvalue weighted by atomic mass is 19.4. The normalized spacial score (nSPS) is 22.4. The van der Waals surface area contributed by atoms with Crippen molar-refractivity contribution in [3.63, 3.8) is 0 Å². The Bertz CT molecular complexity index is 501. The topological polar surface area (TPSA) is 28.2 Å². The van der Waals surface area contributed by atoms with E-state index in [2.05, 4.69) is 15.2 Å². The van der Waals surface area contributed by atoms with Gasteiger partial charge in [0.2, 0.25) is 0 Å². The van der Waals surface area contributed by atoms with Crippen LogP contribution in [0.2, 0.25) is 0 Å². The van der Waals surface area contributed by atoms with E-state index < -0.39 is 12.6 Å². The van der Waals surface area contributed by atoms with Crippen LogP contribution in [0.1, 0.15) is 30.4 Å². The molecule has 1 aromatic heterocycles. The number of aromatic nitrogens is 1. The van der Waals surface area contributed by atoms with Gasteiger partial charge in [-0.05, 0) is 49.4 Å². The molecule has 116 valence electrons. The van der Waals surface area contributed by atoms with Gasteiger partial charge in [-0.1, -0.05) is 0 Å². The van der Waals surface area contributed by atoms with Gasteiger partial charge in [-0.2, -0.15) is 13.2 Å². The van der Waals surface area contributed by atoms with Crippen LogP contribution in [0.25, 0.3) is 0 Å². The molecular formula is C15H20F3N3. The van der Waals surface area contributed by atoms with E-state index in [1.807, 2.05) is 0 Å². The van der Waals surface area contributed by atoms with Gasteiger partial charge in [0.05, 0.1) is 0 Å². The Kier molecular flexibility index (Phi) is 4.06. The monoisotopic (exact) mass is 299 g/mol. The zero-order valence-electron chi connectivity index (χ0n) is 11.9. The van der Waals surface area contributed by atoms with Gasteiger partial charge in [0.15, 0.2) is 0 Å². The molecule has 0 aliphatic carbocycles. The molecule has 1 saturated heterocycles. The van der Waals surface area contributed by atoms with Crippen molar-refractivity contribution in [3.8, 4) is 0 Å². The first-order valence-corrected chi connectivity index (χ1v) is 7.55. The van der Waals surface area contributed by atoms with Crippen LogP contribution in [0.5, 0.6) is 0 Å². The molecule has 1 N–H and O–H groups in total. The maximum Gasteiger partial charge on any atom is 0.389 e. The third-order valence-corrected chi connectivity index (χ3v) is 4.38. The molecule has 2 aliphatic rings. The maximum absolute atomic E-state index is 12.5. The standard InChI is InChI=1S/C15H20F3N3/c16-15(17,18)6-4-11-5-8-20-14-13(11)3-2-12-10-19-7-1-9-21(12)14/h5,8,12,19H,1-4,6-7,9-10H2. The van der Waals surface area contributed by atoms with Crippen molar-refractivity contribution >= 4 is 5.82 Å². The number of pyridine rings is 1. The zero-order valence-corrected chi connectivity index (χ0v) is 11.9. The quantitative estimate of drug-likeness (QED) is 0.910. The highest BCUT2D eigenvalue weighted by Crippen LogP contribution is 2.33. The fraction of sp³-hybridized carbons (Fsp3) is 0.667. The van der Waals surface area contributed by atoms with Gasteiger partial charge in [0.1, 0.15) is 5.82 Å². The minimum atomic E-state index is -4.10. The van der Waals surface area contributed by atoms with E-state index in [1.54, 1.807) is 12.3 Å². The van der Waals surface area contributed by atoms with E-state index in [4.69, 9.17) is 0 Å². The number of rotatable bonds is 2. The number of fused-ring (bicyclic) bond motifs is 3. The minimum absolute atomic E-state index is 0.0606. The number of hydrogen-bond acceptors (Lipinski definition) is 3. The number of nitrogens with one attached hydrogen (secondary N) is 1. The van der Waals surface area contributed by atoms with Gasteiger partial charge in [0.25, 0.3) is 0 Å². The van der Waals surface area contributed by atoms with Crippen LogP contribution in [0, 0.1) is 0 Å². The van der Waals surface area contributed by atoms with Crippen molar-refractivity contribution in [2.24, 2.45) is 0 Å². The largest absolute Gasteiger partial charge is 0.389 e. The molecule has 0 aromatic carbocycles. The number of halogens is 3. The van der Waals surface area contributed by atoms with Crippen molar-refractivity contribution in [1.82, 2.24) is 10.3 Å². The molecule has 1 atom stereocenters. The first kappa shape index (κ1) is 14.6. The molecule has 6 heteroatoms. The minimum Gasteiger partial charge on any atom is -0.352 e. The lowest BCUT2D eigenvalue weighted by atomic mass is 9.93. The fourth-order valence-electron chi connectivity index (χ4n) is 3.33. The molecule has 3 nitrogen and oxygen atoms in total. The summed E-state index contributed by atoms with van der Waals surface area (Å²) in [4.78, 5) is 6.75. The average Bonchev–Trinajstić information content (AvgIpc) is 2.69. The van der Waals surface area contributed by atoms with Crippen molar-refractivity contribution in [2.75, 3.05) is 24.5 Å². The zero-order chi connectivity index (χ0) is 14.9. The summed E-state index contributed by atoms with van der Waals surface area (Å²) in [5.41, 5.74) is 1.84. The number of anilines is 1. The summed E-state index contributed by atoms with van der Waals surface area (Å²) in [7, 11) is 0. The highest BCUT2D eigenvalue weighted by Gasteiger charge is 2.31. The Morgan fingerprint density at radius 1 is 1.38 bits per heavy atom. The molecular weight excluding hydrogens is 279 g/mol. The highest BCUT2D eigenvalue weighted by molar-refractivity contribution is 5.54. The van der Waals surface area contributed by atoms with Gasteiger partial charge in [0, 0.05) is 31.7 Å². The molecule has 0 radical (unpaired) electrons. The second kappa shape index (κ2) is 5.83. The van der Waals surface area contributed by atoms with Crippen molar-refractivity contribution in [3.05, 3.63) is 23.4 Å². The van der Waals surface area contributed by atoms with Crippen LogP contribution in [0.15, 0.2) is 12.3 Å². The molecule has 21 heavy (non-hydrogen) atoms. The Morgan fingerprint density at radius 3 is 3.05 bits per heavy atom. The molecule has 0 saturated carbocycles. The van der Waals surface area contributed by atoms with Crippen LogP contribution in [-0.2, 0) is 12.8 Å². The second-order valence-electron chi connectivity index (χ2n) is 5.83. The molecule has 0 spiro atoms. The van der Waals surface area contributed by atoms with Gasteiger partial charge in [-0.15, -0.1) is 0 Å². The smallest absolute Gasteiger partial charge is 0.352 e. The van der Waals surface area contributed by atoms with Gasteiger partial charge in [-0.25, -0.2) is 4.98 Å². The lowest BCUT2D eigenvalue weighted by molar-refractivity contribution is -0.134. The van der Waals surface area contributed by atoms with Gasteiger partial charge in [-0.3, -0.25) is 0 Å². The Hall–Kier alpha value is -1.30. The number of nitrogens with zero attached hydrogens (tertiary/aromatic N) is 2. The van der Waals surface area contributed by atoms with Crippen molar-refractivity contribution in [2.45, 2.75) is 44.3 Å². The predicted molar refractivity (Wildman–Crippen MR) is 75.6 cm³/mol. The molecule has 1 fully saturated rings. The number of aryl methyl sites for hydroxylation is 1. The van der Waals surface area contributed by atoms with Gasteiger partial charge >= 0.3 is 6.18 Å². The Labute approximate surface area is 122 Å². The first-order valence-electron chi connectivity index (χ1n) is 7.55. The van der Waals surface area contributed by atoms with E-state index in [-0.39, 0.29) is 6.42 Å². The van der Waals surface area contributed by atoms with E-state index in [0.717, 1.165) is 55.8 Å². The van der Waals surface area contributed by atoms with Crippen LogP contribution < -0.4 is 10.2 Å². The third kappa shape index (κ3) is 3.31. The second-order valence-corrected chi connectivity index (χ2v) is 5.83. The van der Waals surface area contributed by atoms with Crippen molar-refractivity contribution in [1.29, 1.82) is 0 Å². The summed E-state index contributed by atoms with van der Waals surface area (Å²) in [6.45, 7) is 2.87. The molecule has 0 amide bonds. The fourth-order valence-corrected chi connectivity index (χ4v) is 3.33. The Balaban J connectivity index is 1.85. The molecule has 2 aliphatic heterocycles. The third-order valence-electron chi connectivity index (χ3n) is 4.38. The summed E-state index contributed by atoms with van der Waals surface area (Å²) in [6.07, 6.45) is -0.265. The van der Waals surface area contributed by atoms with E-state index >= 15 is 0 Å². The summed E-state index contributed by atoms with van der Waals surface area (Å²) in [5, 5.41) is 3.42. The Morgan fingerprint density at radius 2 is 2.24 bits per heavy atom. The van der Waals surface area contributed by atoms with Crippen LogP contribution >= 0.6 is 0 Å². The SMILES string of the molecule is FC(F)(F)CCc1ccnc2c1CCC1CNCCCN21. The molecule has 0 bridgehead atoms. The van der Waals surface area contributed by atoms with Gasteiger partial charge < -0.3 is 10.2 Å². The molecule has 3 rings (SSSR count). The summed E-state index contributed by atoms with van der Waals surface area (Å²) < 4.78 is 37.4. The first-order chi connectivity index (χ1) is 10.0. The summed E-state index contributed by atoms with van der Waals surface area (Å²) in [5.74, 6) is 0.912. The van der Waals surface area contributed by atoms with Crippen molar-refractivity contribution < 1.29 is 13.2 Å². The van der Waals surface area contributed by atoms with E-state index in [0.29, 0.717) is 6.04 Å². The average molecular weight is 299 g/mol. The number of hydrogen-bond donors (Lipinski definition) is 1. The summed E-state index contributed by atoms with van der Waals surface area (Å²) >= 11 is 0. The summed E-state index contributed by atoms with van der Waals surface area (Å²) in [6, 6.07) is 2.17. The maximum atomic E-state index is 12.5. The van der Waals surface area contributed by atoms with Crippen LogP contribution in [0.3, 0.4) is 0 Å². The molecule has 1 aromatic rings.